The van der Waals surface area contributed by atoms with E-state index in [1.165, 1.54) is 6.20 Å². The van der Waals surface area contributed by atoms with Gasteiger partial charge in [-0.1, -0.05) is 6.07 Å². The molecular weight excluding hydrogens is 282 g/mol. The second-order valence-corrected chi connectivity index (χ2v) is 4.47. The molecule has 1 aromatic carbocycles. The number of rotatable bonds is 1. The first-order valence-corrected chi connectivity index (χ1v) is 5.82. The fourth-order valence-corrected chi connectivity index (χ4v) is 2.17. The quantitative estimate of drug-likeness (QED) is 0.724. The Morgan fingerprint density at radius 1 is 1.24 bits per heavy atom. The normalized spacial score (nSPS) is 10.9. The Morgan fingerprint density at radius 3 is 2.88 bits per heavy atom. The van der Waals surface area contributed by atoms with Gasteiger partial charge < -0.3 is 10.1 Å². The molecule has 2 aromatic heterocycles. The van der Waals surface area contributed by atoms with Crippen LogP contribution in [0.5, 0.6) is 5.75 Å². The molecule has 0 aliphatic carbocycles. The SMILES string of the molecule is Oc1cnccc1-c1nc2c(Br)cccc2[nH]1. The summed E-state index contributed by atoms with van der Waals surface area (Å²) in [6.45, 7) is 0. The first-order chi connectivity index (χ1) is 8.25. The minimum atomic E-state index is 0.114. The lowest BCUT2D eigenvalue weighted by Crippen LogP contribution is -1.82. The number of aromatic nitrogens is 3. The van der Waals surface area contributed by atoms with E-state index in [1.54, 1.807) is 12.3 Å². The summed E-state index contributed by atoms with van der Waals surface area (Å²) in [5.74, 6) is 0.745. The van der Waals surface area contributed by atoms with Crippen molar-refractivity contribution in [2.75, 3.05) is 0 Å². The zero-order valence-corrected chi connectivity index (χ0v) is 10.3. The average Bonchev–Trinajstić information content (AvgIpc) is 2.75. The molecule has 5 heteroatoms. The number of nitrogens with zero attached hydrogens (tertiary/aromatic N) is 2. The standard InChI is InChI=1S/C12H8BrN3O/c13-8-2-1-3-9-11(8)16-12(15-9)7-4-5-14-6-10(7)17/h1-6,17H,(H,15,16). The molecule has 17 heavy (non-hydrogen) atoms. The molecule has 2 N–H and O–H groups in total. The minimum Gasteiger partial charge on any atom is -0.506 e. The molecule has 4 nitrogen and oxygen atoms in total. The molecule has 3 rings (SSSR count). The Kier molecular flexibility index (Phi) is 2.33. The maximum absolute atomic E-state index is 9.72. The van der Waals surface area contributed by atoms with E-state index >= 15 is 0 Å². The highest BCUT2D eigenvalue weighted by atomic mass is 79.9. The molecule has 0 saturated carbocycles. The van der Waals surface area contributed by atoms with Gasteiger partial charge in [0, 0.05) is 10.7 Å². The van der Waals surface area contributed by atoms with Gasteiger partial charge in [0.05, 0.1) is 17.3 Å². The van der Waals surface area contributed by atoms with Gasteiger partial charge >= 0.3 is 0 Å². The van der Waals surface area contributed by atoms with E-state index in [0.29, 0.717) is 11.4 Å². The molecule has 0 aliphatic rings. The highest BCUT2D eigenvalue weighted by Crippen LogP contribution is 2.29. The monoisotopic (exact) mass is 289 g/mol. The van der Waals surface area contributed by atoms with Crippen molar-refractivity contribution in [3.63, 3.8) is 0 Å². The smallest absolute Gasteiger partial charge is 0.144 e. The summed E-state index contributed by atoms with van der Waals surface area (Å²) in [5.41, 5.74) is 2.41. The predicted octanol–water partition coefficient (Wildman–Crippen LogP) is 3.09. The zero-order chi connectivity index (χ0) is 11.8. The number of aromatic amines is 1. The van der Waals surface area contributed by atoms with Crippen LogP contribution in [0.3, 0.4) is 0 Å². The summed E-state index contributed by atoms with van der Waals surface area (Å²) in [5, 5.41) is 9.72. The Bertz CT molecular complexity index is 693. The summed E-state index contributed by atoms with van der Waals surface area (Å²) in [6.07, 6.45) is 3.02. The minimum absolute atomic E-state index is 0.114. The molecule has 0 bridgehead atoms. The van der Waals surface area contributed by atoms with E-state index in [0.717, 1.165) is 15.5 Å². The van der Waals surface area contributed by atoms with Crippen molar-refractivity contribution in [1.29, 1.82) is 0 Å². The summed E-state index contributed by atoms with van der Waals surface area (Å²) < 4.78 is 0.922. The largest absolute Gasteiger partial charge is 0.506 e. The molecule has 0 saturated heterocycles. The van der Waals surface area contributed by atoms with Gasteiger partial charge in [-0.3, -0.25) is 4.98 Å². The zero-order valence-electron chi connectivity index (χ0n) is 8.68. The van der Waals surface area contributed by atoms with Crippen LogP contribution in [0.4, 0.5) is 0 Å². The van der Waals surface area contributed by atoms with E-state index in [2.05, 4.69) is 30.9 Å². The number of aromatic hydroxyl groups is 1. The molecule has 2 heterocycles. The summed E-state index contributed by atoms with van der Waals surface area (Å²) in [6, 6.07) is 7.52. The summed E-state index contributed by atoms with van der Waals surface area (Å²) in [7, 11) is 0. The van der Waals surface area contributed by atoms with Crippen molar-refractivity contribution in [2.45, 2.75) is 0 Å². The maximum Gasteiger partial charge on any atom is 0.144 e. The van der Waals surface area contributed by atoms with Crippen molar-refractivity contribution in [1.82, 2.24) is 15.0 Å². The van der Waals surface area contributed by atoms with E-state index < -0.39 is 0 Å². The van der Waals surface area contributed by atoms with Gasteiger partial charge in [0.25, 0.3) is 0 Å². The lowest BCUT2D eigenvalue weighted by molar-refractivity contribution is 0.474. The van der Waals surface area contributed by atoms with Crippen molar-refractivity contribution in [3.8, 4) is 17.1 Å². The second kappa shape index (κ2) is 3.85. The average molecular weight is 290 g/mol. The van der Waals surface area contributed by atoms with E-state index in [-0.39, 0.29) is 5.75 Å². The van der Waals surface area contributed by atoms with Gasteiger partial charge in [0.2, 0.25) is 0 Å². The second-order valence-electron chi connectivity index (χ2n) is 3.61. The van der Waals surface area contributed by atoms with Crippen LogP contribution in [0.2, 0.25) is 0 Å². The number of para-hydroxylation sites is 1. The number of fused-ring (bicyclic) bond motifs is 1. The molecular formula is C12H8BrN3O. The molecule has 84 valence electrons. The first kappa shape index (κ1) is 10.3. The van der Waals surface area contributed by atoms with Gasteiger partial charge in [-0.25, -0.2) is 4.98 Å². The number of pyridine rings is 1. The van der Waals surface area contributed by atoms with Crippen molar-refractivity contribution in [2.24, 2.45) is 0 Å². The van der Waals surface area contributed by atoms with Crippen LogP contribution in [-0.4, -0.2) is 20.1 Å². The molecule has 0 atom stereocenters. The van der Waals surface area contributed by atoms with Gasteiger partial charge in [-0.05, 0) is 34.1 Å². The molecule has 0 unspecified atom stereocenters. The molecule has 0 fully saturated rings. The Hall–Kier alpha value is -1.88. The van der Waals surface area contributed by atoms with Crippen LogP contribution in [0.1, 0.15) is 0 Å². The van der Waals surface area contributed by atoms with Gasteiger partial charge in [-0.15, -0.1) is 0 Å². The topological polar surface area (TPSA) is 61.8 Å². The summed E-state index contributed by atoms with van der Waals surface area (Å²) >= 11 is 3.44. The number of imidazole rings is 1. The molecule has 3 aromatic rings. The summed E-state index contributed by atoms with van der Waals surface area (Å²) in [4.78, 5) is 11.5. The fraction of sp³-hybridized carbons (Fsp3) is 0. The van der Waals surface area contributed by atoms with E-state index in [1.807, 2.05) is 18.2 Å². The number of halogens is 1. The number of hydrogen-bond donors (Lipinski definition) is 2. The Balaban J connectivity index is 2.26. The third-order valence-electron chi connectivity index (χ3n) is 2.52. The molecule has 0 radical (unpaired) electrons. The highest BCUT2D eigenvalue weighted by molar-refractivity contribution is 9.10. The predicted molar refractivity (Wildman–Crippen MR) is 68.7 cm³/mol. The first-order valence-electron chi connectivity index (χ1n) is 5.03. The van der Waals surface area contributed by atoms with Crippen LogP contribution >= 0.6 is 15.9 Å². The maximum atomic E-state index is 9.72. The van der Waals surface area contributed by atoms with Crippen LogP contribution in [0, 0.1) is 0 Å². The van der Waals surface area contributed by atoms with Gasteiger partial charge in [0.1, 0.15) is 17.1 Å². The Morgan fingerprint density at radius 2 is 2.12 bits per heavy atom. The van der Waals surface area contributed by atoms with Crippen molar-refractivity contribution < 1.29 is 5.11 Å². The Labute approximate surface area is 105 Å². The van der Waals surface area contributed by atoms with E-state index in [9.17, 15) is 5.11 Å². The van der Waals surface area contributed by atoms with Gasteiger partial charge in [0.15, 0.2) is 0 Å². The van der Waals surface area contributed by atoms with E-state index in [4.69, 9.17) is 0 Å². The molecule has 0 amide bonds. The number of nitrogens with one attached hydrogen (secondary N) is 1. The van der Waals surface area contributed by atoms with Crippen LogP contribution < -0.4 is 0 Å². The number of hydrogen-bond acceptors (Lipinski definition) is 3. The van der Waals surface area contributed by atoms with Crippen LogP contribution in [0.25, 0.3) is 22.4 Å². The van der Waals surface area contributed by atoms with Crippen molar-refractivity contribution >= 4 is 27.0 Å². The van der Waals surface area contributed by atoms with Crippen LogP contribution in [-0.2, 0) is 0 Å². The van der Waals surface area contributed by atoms with Crippen LogP contribution in [0.15, 0.2) is 41.1 Å². The number of H-pyrrole nitrogens is 1. The van der Waals surface area contributed by atoms with Crippen molar-refractivity contribution in [3.05, 3.63) is 41.1 Å². The lowest BCUT2D eigenvalue weighted by atomic mass is 10.2. The van der Waals surface area contributed by atoms with Gasteiger partial charge in [-0.2, -0.15) is 0 Å². The third kappa shape index (κ3) is 1.68. The molecule has 0 aliphatic heterocycles. The fourth-order valence-electron chi connectivity index (χ4n) is 1.71. The highest BCUT2D eigenvalue weighted by Gasteiger charge is 2.10. The number of benzene rings is 1. The molecule has 0 spiro atoms. The third-order valence-corrected chi connectivity index (χ3v) is 3.16. The lowest BCUT2D eigenvalue weighted by Gasteiger charge is -1.98.